The summed E-state index contributed by atoms with van der Waals surface area (Å²) in [6.45, 7) is 1.84. The molecule has 0 unspecified atom stereocenters. The second-order valence-electron chi connectivity index (χ2n) is 8.30. The second-order valence-corrected chi connectivity index (χ2v) is 9.26. The molecular formula is C25H26BrF2NO3. The van der Waals surface area contributed by atoms with E-state index >= 15 is 4.39 Å². The standard InChI is InChI=1S/C25H26BrF2NO3/c26-21-6-1-4-16-14-17(25(30)31)8-9-19(16)23(21)20-5-2-7-22(24(20)28)32-18-10-13-29(15-18)12-3-11-27/h2,5,7-9,14,18H,1,3-4,6,10-13,15H2,(H,30,31)/t18-/m1/s1. The van der Waals surface area contributed by atoms with Gasteiger partial charge in [-0.2, -0.15) is 0 Å². The van der Waals surface area contributed by atoms with E-state index in [0.717, 1.165) is 53.4 Å². The van der Waals surface area contributed by atoms with Crippen LogP contribution in [0.2, 0.25) is 0 Å². The summed E-state index contributed by atoms with van der Waals surface area (Å²) in [5.41, 5.74) is 3.16. The van der Waals surface area contributed by atoms with Crippen LogP contribution in [0.5, 0.6) is 5.75 Å². The first-order valence-electron chi connectivity index (χ1n) is 11.0. The van der Waals surface area contributed by atoms with Crippen molar-refractivity contribution in [3.63, 3.8) is 0 Å². The SMILES string of the molecule is O=C(O)c1ccc2c(c1)CCCC(Br)=C2c1cccc(O[C@@H]2CCN(CCCF)C2)c1F. The topological polar surface area (TPSA) is 49.8 Å². The summed E-state index contributed by atoms with van der Waals surface area (Å²) in [4.78, 5) is 13.6. The van der Waals surface area contributed by atoms with Crippen molar-refractivity contribution >= 4 is 27.5 Å². The summed E-state index contributed by atoms with van der Waals surface area (Å²) < 4.78 is 35.1. The van der Waals surface area contributed by atoms with Gasteiger partial charge in [0.1, 0.15) is 6.10 Å². The number of likely N-dealkylation sites (tertiary alicyclic amines) is 1. The normalized spacial score (nSPS) is 19.0. The zero-order chi connectivity index (χ0) is 22.7. The van der Waals surface area contributed by atoms with E-state index in [9.17, 15) is 14.3 Å². The number of hydrogen-bond donors (Lipinski definition) is 1. The molecule has 7 heteroatoms. The first-order chi connectivity index (χ1) is 15.5. The Morgan fingerprint density at radius 2 is 2.06 bits per heavy atom. The van der Waals surface area contributed by atoms with Gasteiger partial charge in [-0.3, -0.25) is 9.29 Å². The van der Waals surface area contributed by atoms with Crippen LogP contribution in [0.1, 0.15) is 52.7 Å². The van der Waals surface area contributed by atoms with Gasteiger partial charge in [0, 0.05) is 35.3 Å². The van der Waals surface area contributed by atoms with E-state index in [-0.39, 0.29) is 24.1 Å². The lowest BCUT2D eigenvalue weighted by Crippen LogP contribution is -2.26. The van der Waals surface area contributed by atoms with Gasteiger partial charge >= 0.3 is 5.97 Å². The molecule has 0 amide bonds. The van der Waals surface area contributed by atoms with Gasteiger partial charge in [0.25, 0.3) is 0 Å². The van der Waals surface area contributed by atoms with Crippen molar-refractivity contribution in [2.24, 2.45) is 0 Å². The lowest BCUT2D eigenvalue weighted by atomic mass is 9.92. The molecule has 1 aliphatic heterocycles. The zero-order valence-electron chi connectivity index (χ0n) is 17.8. The molecule has 0 radical (unpaired) electrons. The summed E-state index contributed by atoms with van der Waals surface area (Å²) in [5, 5.41) is 9.35. The van der Waals surface area contributed by atoms with E-state index in [1.807, 2.05) is 0 Å². The summed E-state index contributed by atoms with van der Waals surface area (Å²) in [7, 11) is 0. The highest BCUT2D eigenvalue weighted by atomic mass is 79.9. The molecule has 1 fully saturated rings. The highest BCUT2D eigenvalue weighted by molar-refractivity contribution is 9.11. The van der Waals surface area contributed by atoms with Gasteiger partial charge in [0.15, 0.2) is 11.6 Å². The minimum atomic E-state index is -0.972. The van der Waals surface area contributed by atoms with Crippen LogP contribution in [0.4, 0.5) is 8.78 Å². The molecule has 2 aliphatic rings. The molecule has 0 aromatic heterocycles. The Morgan fingerprint density at radius 1 is 1.22 bits per heavy atom. The van der Waals surface area contributed by atoms with Crippen LogP contribution in [-0.2, 0) is 6.42 Å². The number of benzene rings is 2. The van der Waals surface area contributed by atoms with Crippen LogP contribution < -0.4 is 4.74 Å². The van der Waals surface area contributed by atoms with Crippen molar-refractivity contribution in [1.29, 1.82) is 0 Å². The Labute approximate surface area is 195 Å². The van der Waals surface area contributed by atoms with Gasteiger partial charge in [-0.05, 0) is 61.4 Å². The molecule has 1 heterocycles. The number of halogens is 3. The van der Waals surface area contributed by atoms with Crippen molar-refractivity contribution in [3.8, 4) is 5.75 Å². The van der Waals surface area contributed by atoms with Crippen molar-refractivity contribution in [2.75, 3.05) is 26.3 Å². The molecule has 1 saturated heterocycles. The Balaban J connectivity index is 1.64. The number of carboxylic acids is 1. The van der Waals surface area contributed by atoms with E-state index in [1.165, 1.54) is 0 Å². The predicted molar refractivity (Wildman–Crippen MR) is 124 cm³/mol. The fourth-order valence-corrected chi connectivity index (χ4v) is 5.24. The molecule has 4 rings (SSSR count). The number of allylic oxidation sites excluding steroid dienone is 1. The van der Waals surface area contributed by atoms with Crippen LogP contribution in [0.3, 0.4) is 0 Å². The monoisotopic (exact) mass is 505 g/mol. The number of aromatic carboxylic acids is 1. The number of fused-ring (bicyclic) bond motifs is 1. The maximum absolute atomic E-state index is 15.7. The van der Waals surface area contributed by atoms with Crippen LogP contribution >= 0.6 is 15.9 Å². The zero-order valence-corrected chi connectivity index (χ0v) is 19.3. The van der Waals surface area contributed by atoms with Gasteiger partial charge in [0.05, 0.1) is 12.2 Å². The number of rotatable bonds is 7. The van der Waals surface area contributed by atoms with Gasteiger partial charge in [-0.25, -0.2) is 9.18 Å². The summed E-state index contributed by atoms with van der Waals surface area (Å²) in [6.07, 6.45) is 3.46. The van der Waals surface area contributed by atoms with Gasteiger partial charge < -0.3 is 9.84 Å². The second kappa shape index (κ2) is 10.1. The highest BCUT2D eigenvalue weighted by Gasteiger charge is 2.27. The number of nitrogens with zero attached hydrogens (tertiary/aromatic N) is 1. The number of carbonyl (C=O) groups is 1. The van der Waals surface area contributed by atoms with Crippen LogP contribution in [0.15, 0.2) is 40.9 Å². The molecule has 1 aliphatic carbocycles. The first-order valence-corrected chi connectivity index (χ1v) is 11.8. The lowest BCUT2D eigenvalue weighted by Gasteiger charge is -2.19. The first kappa shape index (κ1) is 22.9. The number of ether oxygens (including phenoxy) is 1. The van der Waals surface area contributed by atoms with Gasteiger partial charge in [-0.15, -0.1) is 0 Å². The average molecular weight is 506 g/mol. The van der Waals surface area contributed by atoms with Crippen LogP contribution in [0, 0.1) is 5.82 Å². The number of carboxylic acid groups (broad SMARTS) is 1. The van der Waals surface area contributed by atoms with E-state index < -0.39 is 11.8 Å². The smallest absolute Gasteiger partial charge is 0.335 e. The average Bonchev–Trinajstić information content (AvgIpc) is 3.15. The third kappa shape index (κ3) is 4.89. The molecule has 170 valence electrons. The quantitative estimate of drug-likeness (QED) is 0.514. The Hall–Kier alpha value is -2.25. The largest absolute Gasteiger partial charge is 0.486 e. The lowest BCUT2D eigenvalue weighted by molar-refractivity contribution is 0.0696. The molecule has 4 nitrogen and oxygen atoms in total. The molecular weight excluding hydrogens is 480 g/mol. The molecule has 32 heavy (non-hydrogen) atoms. The van der Waals surface area contributed by atoms with Crippen molar-refractivity contribution < 1.29 is 23.4 Å². The molecule has 0 saturated carbocycles. The maximum Gasteiger partial charge on any atom is 0.335 e. The van der Waals surface area contributed by atoms with Crippen molar-refractivity contribution in [1.82, 2.24) is 4.90 Å². The third-order valence-electron chi connectivity index (χ3n) is 6.10. The van der Waals surface area contributed by atoms with Crippen LogP contribution in [0.25, 0.3) is 5.57 Å². The number of hydrogen-bond acceptors (Lipinski definition) is 3. The molecule has 1 N–H and O–H groups in total. The fraction of sp³-hybridized carbons (Fsp3) is 0.400. The van der Waals surface area contributed by atoms with E-state index in [2.05, 4.69) is 20.8 Å². The van der Waals surface area contributed by atoms with E-state index in [1.54, 1.807) is 36.4 Å². The molecule has 2 aromatic rings. The van der Waals surface area contributed by atoms with Gasteiger partial charge in [0.2, 0.25) is 0 Å². The van der Waals surface area contributed by atoms with E-state index in [0.29, 0.717) is 25.1 Å². The van der Waals surface area contributed by atoms with Gasteiger partial charge in [-0.1, -0.05) is 34.1 Å². The minimum Gasteiger partial charge on any atom is -0.486 e. The maximum atomic E-state index is 15.7. The Bertz CT molecular complexity index is 1040. The van der Waals surface area contributed by atoms with Crippen molar-refractivity contribution in [2.45, 2.75) is 38.2 Å². The highest BCUT2D eigenvalue weighted by Crippen LogP contribution is 2.40. The summed E-state index contributed by atoms with van der Waals surface area (Å²) in [6, 6.07) is 10.2. The fourth-order valence-electron chi connectivity index (χ4n) is 4.53. The molecule has 2 aromatic carbocycles. The summed E-state index contributed by atoms with van der Waals surface area (Å²) >= 11 is 3.66. The predicted octanol–water partition coefficient (Wildman–Crippen LogP) is 5.83. The molecule has 0 bridgehead atoms. The minimum absolute atomic E-state index is 0.128. The summed E-state index contributed by atoms with van der Waals surface area (Å²) in [5.74, 6) is -1.18. The van der Waals surface area contributed by atoms with Crippen molar-refractivity contribution in [3.05, 3.63) is 69.0 Å². The molecule has 1 atom stereocenters. The number of alkyl halides is 1. The third-order valence-corrected chi connectivity index (χ3v) is 6.89. The number of aryl methyl sites for hydroxylation is 1. The Morgan fingerprint density at radius 3 is 2.84 bits per heavy atom. The Kier molecular flexibility index (Phi) is 7.26. The van der Waals surface area contributed by atoms with E-state index in [4.69, 9.17) is 4.74 Å². The molecule has 0 spiro atoms. The van der Waals surface area contributed by atoms with Crippen LogP contribution in [-0.4, -0.2) is 48.4 Å².